The largest absolute Gasteiger partial charge is 0.374 e. The first-order valence-electron chi connectivity index (χ1n) is 7.07. The maximum atomic E-state index is 5.91. The average molecular weight is 266 g/mol. The molecule has 18 heavy (non-hydrogen) atoms. The van der Waals surface area contributed by atoms with Crippen molar-refractivity contribution < 1.29 is 0 Å². The lowest BCUT2D eigenvalue weighted by Gasteiger charge is -2.28. The molecule has 0 amide bonds. The molecule has 2 rings (SSSR count). The van der Waals surface area contributed by atoms with E-state index in [1.165, 1.54) is 55.5 Å². The molecule has 0 saturated heterocycles. The number of anilines is 1. The summed E-state index contributed by atoms with van der Waals surface area (Å²) in [5.41, 5.74) is 3.87. The molecule has 1 nitrogen and oxygen atoms in total. The van der Waals surface area contributed by atoms with Crippen LogP contribution in [0.5, 0.6) is 0 Å². The lowest BCUT2D eigenvalue weighted by Crippen LogP contribution is -2.26. The van der Waals surface area contributed by atoms with Gasteiger partial charge < -0.3 is 4.90 Å². The van der Waals surface area contributed by atoms with E-state index in [0.29, 0.717) is 5.88 Å². The van der Waals surface area contributed by atoms with E-state index >= 15 is 0 Å². The predicted molar refractivity (Wildman–Crippen MR) is 80.6 cm³/mol. The Hall–Kier alpha value is -0.690. The van der Waals surface area contributed by atoms with E-state index in [-0.39, 0.29) is 0 Å². The fourth-order valence-electron chi connectivity index (χ4n) is 2.93. The molecule has 0 N–H and O–H groups in total. The summed E-state index contributed by atoms with van der Waals surface area (Å²) in [5, 5.41) is 0. The Morgan fingerprint density at radius 2 is 1.94 bits per heavy atom. The van der Waals surface area contributed by atoms with Crippen LogP contribution < -0.4 is 4.90 Å². The maximum Gasteiger partial charge on any atom is 0.0476 e. The predicted octanol–water partition coefficient (Wildman–Crippen LogP) is 4.75. The Morgan fingerprint density at radius 1 is 1.22 bits per heavy atom. The number of benzene rings is 1. The first kappa shape index (κ1) is 13.7. The lowest BCUT2D eigenvalue weighted by atomic mass is 9.89. The zero-order valence-electron chi connectivity index (χ0n) is 11.6. The Kier molecular flexibility index (Phi) is 4.94. The van der Waals surface area contributed by atoms with E-state index in [9.17, 15) is 0 Å². The van der Waals surface area contributed by atoms with Crippen molar-refractivity contribution in [2.24, 2.45) is 5.92 Å². The van der Waals surface area contributed by atoms with Gasteiger partial charge in [-0.1, -0.05) is 25.3 Å². The van der Waals surface area contributed by atoms with Gasteiger partial charge in [-0.05, 0) is 48.9 Å². The summed E-state index contributed by atoms with van der Waals surface area (Å²) < 4.78 is 0. The van der Waals surface area contributed by atoms with Gasteiger partial charge in [0.2, 0.25) is 0 Å². The van der Waals surface area contributed by atoms with Crippen LogP contribution in [0.4, 0.5) is 5.69 Å². The van der Waals surface area contributed by atoms with Crippen molar-refractivity contribution in [1.29, 1.82) is 0 Å². The van der Waals surface area contributed by atoms with Crippen molar-refractivity contribution in [2.45, 2.75) is 44.9 Å². The van der Waals surface area contributed by atoms with Crippen molar-refractivity contribution in [1.82, 2.24) is 0 Å². The van der Waals surface area contributed by atoms with Gasteiger partial charge in [0.1, 0.15) is 0 Å². The maximum absolute atomic E-state index is 5.91. The molecule has 0 aliphatic heterocycles. The highest BCUT2D eigenvalue weighted by atomic mass is 35.5. The highest BCUT2D eigenvalue weighted by Gasteiger charge is 2.15. The van der Waals surface area contributed by atoms with Gasteiger partial charge in [0.15, 0.2) is 0 Å². The summed E-state index contributed by atoms with van der Waals surface area (Å²) in [5.74, 6) is 1.50. The van der Waals surface area contributed by atoms with Gasteiger partial charge >= 0.3 is 0 Å². The van der Waals surface area contributed by atoms with Crippen LogP contribution in [-0.4, -0.2) is 13.6 Å². The second kappa shape index (κ2) is 6.47. The number of hydrogen-bond donors (Lipinski definition) is 0. The first-order valence-corrected chi connectivity index (χ1v) is 7.61. The molecular formula is C16H24ClN. The number of rotatable bonds is 4. The van der Waals surface area contributed by atoms with E-state index < -0.39 is 0 Å². The quantitative estimate of drug-likeness (QED) is 0.710. The van der Waals surface area contributed by atoms with Crippen molar-refractivity contribution in [3.8, 4) is 0 Å². The van der Waals surface area contributed by atoms with Crippen LogP contribution in [-0.2, 0) is 5.88 Å². The van der Waals surface area contributed by atoms with Crippen molar-refractivity contribution in [3.63, 3.8) is 0 Å². The number of hydrogen-bond acceptors (Lipinski definition) is 1. The Labute approximate surface area is 116 Å². The summed E-state index contributed by atoms with van der Waals surface area (Å²) >= 11 is 5.91. The van der Waals surface area contributed by atoms with Crippen LogP contribution in [0.2, 0.25) is 0 Å². The van der Waals surface area contributed by atoms with E-state index in [0.717, 1.165) is 5.92 Å². The molecule has 0 spiro atoms. The third kappa shape index (κ3) is 3.41. The Balaban J connectivity index is 1.99. The number of alkyl halides is 1. The van der Waals surface area contributed by atoms with Gasteiger partial charge in [-0.25, -0.2) is 0 Å². The van der Waals surface area contributed by atoms with E-state index in [1.54, 1.807) is 0 Å². The van der Waals surface area contributed by atoms with Gasteiger partial charge in [-0.15, -0.1) is 11.6 Å². The smallest absolute Gasteiger partial charge is 0.0476 e. The third-order valence-corrected chi connectivity index (χ3v) is 4.46. The van der Waals surface area contributed by atoms with Crippen LogP contribution in [0.15, 0.2) is 18.2 Å². The second-order valence-corrected chi connectivity index (χ2v) is 5.90. The summed E-state index contributed by atoms with van der Waals surface area (Å²) in [7, 11) is 2.21. The van der Waals surface area contributed by atoms with E-state index in [1.807, 2.05) is 0 Å². The van der Waals surface area contributed by atoms with Gasteiger partial charge in [0.05, 0.1) is 0 Å². The zero-order chi connectivity index (χ0) is 13.0. The van der Waals surface area contributed by atoms with E-state index in [2.05, 4.69) is 37.1 Å². The summed E-state index contributed by atoms with van der Waals surface area (Å²) in [4.78, 5) is 2.40. The zero-order valence-corrected chi connectivity index (χ0v) is 12.3. The fraction of sp³-hybridized carbons (Fsp3) is 0.625. The van der Waals surface area contributed by atoms with Crippen LogP contribution in [0.25, 0.3) is 0 Å². The second-order valence-electron chi connectivity index (χ2n) is 5.63. The van der Waals surface area contributed by atoms with Gasteiger partial charge in [0, 0.05) is 25.2 Å². The van der Waals surface area contributed by atoms with Crippen molar-refractivity contribution >= 4 is 17.3 Å². The fourth-order valence-corrected chi connectivity index (χ4v) is 3.23. The molecule has 1 aromatic carbocycles. The molecule has 0 unspecified atom stereocenters. The Bertz CT molecular complexity index is 383. The normalized spacial score (nSPS) is 16.8. The molecule has 0 radical (unpaired) electrons. The lowest BCUT2D eigenvalue weighted by molar-refractivity contribution is 0.362. The Morgan fingerprint density at radius 3 is 2.56 bits per heavy atom. The monoisotopic (exact) mass is 265 g/mol. The average Bonchev–Trinajstić information content (AvgIpc) is 2.39. The molecule has 1 fully saturated rings. The minimum Gasteiger partial charge on any atom is -0.374 e. The minimum absolute atomic E-state index is 0.610. The van der Waals surface area contributed by atoms with Gasteiger partial charge in [-0.3, -0.25) is 0 Å². The molecule has 0 heterocycles. The molecule has 0 bridgehead atoms. The van der Waals surface area contributed by atoms with Crippen LogP contribution >= 0.6 is 11.6 Å². The first-order chi connectivity index (χ1) is 8.70. The summed E-state index contributed by atoms with van der Waals surface area (Å²) in [6.45, 7) is 3.34. The summed E-state index contributed by atoms with van der Waals surface area (Å²) in [6, 6.07) is 6.63. The topological polar surface area (TPSA) is 3.24 Å². The highest BCUT2D eigenvalue weighted by molar-refractivity contribution is 6.17. The van der Waals surface area contributed by atoms with Crippen molar-refractivity contribution in [2.75, 3.05) is 18.5 Å². The minimum atomic E-state index is 0.610. The molecule has 0 atom stereocenters. The summed E-state index contributed by atoms with van der Waals surface area (Å²) in [6.07, 6.45) is 7.08. The molecule has 1 aromatic rings. The standard InChI is InChI=1S/C16H24ClN/c1-13-10-16(9-8-15(13)11-17)18(2)12-14-6-4-3-5-7-14/h8-10,14H,3-7,11-12H2,1-2H3. The van der Waals surface area contributed by atoms with Crippen LogP contribution in [0, 0.1) is 12.8 Å². The molecule has 1 aliphatic carbocycles. The van der Waals surface area contributed by atoms with Gasteiger partial charge in [-0.2, -0.15) is 0 Å². The molecular weight excluding hydrogens is 242 g/mol. The number of nitrogens with zero attached hydrogens (tertiary/aromatic N) is 1. The molecule has 1 aliphatic rings. The van der Waals surface area contributed by atoms with Crippen molar-refractivity contribution in [3.05, 3.63) is 29.3 Å². The van der Waals surface area contributed by atoms with E-state index in [4.69, 9.17) is 11.6 Å². The molecule has 1 saturated carbocycles. The van der Waals surface area contributed by atoms with Crippen LogP contribution in [0.3, 0.4) is 0 Å². The third-order valence-electron chi connectivity index (χ3n) is 4.17. The van der Waals surface area contributed by atoms with Crippen LogP contribution in [0.1, 0.15) is 43.2 Å². The van der Waals surface area contributed by atoms with Gasteiger partial charge in [0.25, 0.3) is 0 Å². The number of aryl methyl sites for hydroxylation is 1. The molecule has 0 aromatic heterocycles. The molecule has 2 heteroatoms. The highest BCUT2D eigenvalue weighted by Crippen LogP contribution is 2.26. The molecule has 100 valence electrons. The SMILES string of the molecule is Cc1cc(N(C)CC2CCCCC2)ccc1CCl. The number of halogens is 1.